The lowest BCUT2D eigenvalue weighted by molar-refractivity contribution is -0.141. The van der Waals surface area contributed by atoms with E-state index in [0.717, 1.165) is 5.56 Å². The van der Waals surface area contributed by atoms with Gasteiger partial charge in [-0.15, -0.1) is 0 Å². The molecule has 2 N–H and O–H groups in total. The van der Waals surface area contributed by atoms with Gasteiger partial charge in [0, 0.05) is 13.1 Å². The summed E-state index contributed by atoms with van der Waals surface area (Å²) in [4.78, 5) is 24.4. The molecule has 0 bridgehead atoms. The molecular formula is C13H14BrFN2O3. The van der Waals surface area contributed by atoms with Crippen molar-refractivity contribution in [3.63, 3.8) is 0 Å². The van der Waals surface area contributed by atoms with Crippen molar-refractivity contribution < 1.29 is 19.1 Å². The SMILES string of the molecule is Cc1ccc(F)c(Br)c1NC(=O)N1CCC(C(=O)O)C1. The molecule has 1 fully saturated rings. The van der Waals surface area contributed by atoms with Crippen molar-refractivity contribution in [1.82, 2.24) is 4.90 Å². The van der Waals surface area contributed by atoms with Crippen LogP contribution in [0.2, 0.25) is 0 Å². The fraction of sp³-hybridized carbons (Fsp3) is 0.385. The topological polar surface area (TPSA) is 69.6 Å². The second-order valence-electron chi connectivity index (χ2n) is 4.75. The molecule has 1 atom stereocenters. The molecule has 1 aromatic rings. The zero-order valence-electron chi connectivity index (χ0n) is 10.8. The molecule has 1 aromatic carbocycles. The highest BCUT2D eigenvalue weighted by atomic mass is 79.9. The third-order valence-corrected chi connectivity index (χ3v) is 4.14. The van der Waals surface area contributed by atoms with E-state index < -0.39 is 23.7 Å². The number of benzene rings is 1. The Morgan fingerprint density at radius 2 is 2.20 bits per heavy atom. The van der Waals surface area contributed by atoms with Crippen LogP contribution in [0.5, 0.6) is 0 Å². The van der Waals surface area contributed by atoms with Gasteiger partial charge in [-0.3, -0.25) is 4.79 Å². The molecule has 0 radical (unpaired) electrons. The van der Waals surface area contributed by atoms with Crippen LogP contribution >= 0.6 is 15.9 Å². The van der Waals surface area contributed by atoms with Crippen LogP contribution in [0.4, 0.5) is 14.9 Å². The minimum atomic E-state index is -0.900. The smallest absolute Gasteiger partial charge is 0.321 e. The fourth-order valence-electron chi connectivity index (χ4n) is 2.13. The molecule has 1 aliphatic rings. The van der Waals surface area contributed by atoms with Crippen molar-refractivity contribution in [3.05, 3.63) is 28.0 Å². The molecular weight excluding hydrogens is 331 g/mol. The number of halogens is 2. The first-order chi connectivity index (χ1) is 9.40. The molecule has 20 heavy (non-hydrogen) atoms. The molecule has 5 nitrogen and oxygen atoms in total. The van der Waals surface area contributed by atoms with E-state index in [9.17, 15) is 14.0 Å². The number of hydrogen-bond donors (Lipinski definition) is 2. The van der Waals surface area contributed by atoms with E-state index in [1.165, 1.54) is 11.0 Å². The summed E-state index contributed by atoms with van der Waals surface area (Å²) in [5.41, 5.74) is 1.09. The molecule has 0 saturated carbocycles. The molecule has 1 unspecified atom stereocenters. The van der Waals surface area contributed by atoms with E-state index in [0.29, 0.717) is 18.7 Å². The zero-order chi connectivity index (χ0) is 14.9. The first-order valence-corrected chi connectivity index (χ1v) is 6.92. The maximum absolute atomic E-state index is 13.5. The number of carboxylic acids is 1. The average molecular weight is 345 g/mol. The van der Waals surface area contributed by atoms with E-state index in [-0.39, 0.29) is 11.0 Å². The molecule has 1 aliphatic heterocycles. The van der Waals surface area contributed by atoms with Crippen molar-refractivity contribution in [1.29, 1.82) is 0 Å². The van der Waals surface area contributed by atoms with Crippen LogP contribution in [-0.4, -0.2) is 35.1 Å². The van der Waals surface area contributed by atoms with Crippen molar-refractivity contribution in [2.75, 3.05) is 18.4 Å². The summed E-state index contributed by atoms with van der Waals surface area (Å²) in [7, 11) is 0. The zero-order valence-corrected chi connectivity index (χ0v) is 12.4. The van der Waals surface area contributed by atoms with Gasteiger partial charge in [0.25, 0.3) is 0 Å². The van der Waals surface area contributed by atoms with E-state index in [1.54, 1.807) is 13.0 Å². The molecule has 108 valence electrons. The Balaban J connectivity index is 2.10. The molecule has 7 heteroatoms. The number of carbonyl (C=O) groups excluding carboxylic acids is 1. The van der Waals surface area contributed by atoms with Crippen LogP contribution in [0.1, 0.15) is 12.0 Å². The minimum Gasteiger partial charge on any atom is -0.481 e. The number of carbonyl (C=O) groups is 2. The summed E-state index contributed by atoms with van der Waals surface area (Å²) in [6, 6.07) is 2.47. The van der Waals surface area contributed by atoms with Gasteiger partial charge in [-0.1, -0.05) is 6.07 Å². The quantitative estimate of drug-likeness (QED) is 0.866. The number of aliphatic carboxylic acids is 1. The van der Waals surface area contributed by atoms with Crippen LogP contribution in [0, 0.1) is 18.7 Å². The van der Waals surface area contributed by atoms with E-state index in [1.807, 2.05) is 0 Å². The van der Waals surface area contributed by atoms with Gasteiger partial charge in [-0.2, -0.15) is 0 Å². The van der Waals surface area contributed by atoms with Gasteiger partial charge in [-0.05, 0) is 40.9 Å². The maximum Gasteiger partial charge on any atom is 0.321 e. The van der Waals surface area contributed by atoms with Crippen LogP contribution in [0.15, 0.2) is 16.6 Å². The standard InChI is InChI=1S/C13H14BrFN2O3/c1-7-2-3-9(15)10(14)11(7)16-13(20)17-5-4-8(6-17)12(18)19/h2-3,8H,4-6H2,1H3,(H,16,20)(H,18,19). The number of amides is 2. The number of aryl methyl sites for hydroxylation is 1. The first-order valence-electron chi connectivity index (χ1n) is 6.13. The highest BCUT2D eigenvalue weighted by Crippen LogP contribution is 2.29. The van der Waals surface area contributed by atoms with Gasteiger partial charge in [-0.25, -0.2) is 9.18 Å². The third kappa shape index (κ3) is 2.92. The van der Waals surface area contributed by atoms with Gasteiger partial charge in [0.05, 0.1) is 16.1 Å². The summed E-state index contributed by atoms with van der Waals surface area (Å²) in [6.45, 7) is 2.31. The normalized spacial score (nSPS) is 18.1. The van der Waals surface area contributed by atoms with Gasteiger partial charge >= 0.3 is 12.0 Å². The predicted octanol–water partition coefficient (Wildman–Crippen LogP) is 2.84. The van der Waals surface area contributed by atoms with Crippen LogP contribution in [0.25, 0.3) is 0 Å². The molecule has 1 saturated heterocycles. The van der Waals surface area contributed by atoms with Crippen molar-refractivity contribution in [3.8, 4) is 0 Å². The monoisotopic (exact) mass is 344 g/mol. The van der Waals surface area contributed by atoms with Crippen LogP contribution in [0.3, 0.4) is 0 Å². The number of rotatable bonds is 2. The number of hydrogen-bond acceptors (Lipinski definition) is 2. The lowest BCUT2D eigenvalue weighted by atomic mass is 10.1. The second kappa shape index (κ2) is 5.78. The molecule has 2 amide bonds. The highest BCUT2D eigenvalue weighted by molar-refractivity contribution is 9.10. The number of nitrogens with zero attached hydrogens (tertiary/aromatic N) is 1. The summed E-state index contributed by atoms with van der Waals surface area (Å²) in [5.74, 6) is -1.89. The van der Waals surface area contributed by atoms with E-state index in [2.05, 4.69) is 21.2 Å². The number of anilines is 1. The van der Waals surface area contributed by atoms with Gasteiger partial charge in [0.1, 0.15) is 5.82 Å². The Bertz CT molecular complexity index is 565. The summed E-state index contributed by atoms with van der Waals surface area (Å²) in [5, 5.41) is 11.5. The molecule has 1 heterocycles. The van der Waals surface area contributed by atoms with E-state index >= 15 is 0 Å². The Hall–Kier alpha value is -1.63. The summed E-state index contributed by atoms with van der Waals surface area (Å²) >= 11 is 3.10. The van der Waals surface area contributed by atoms with Crippen LogP contribution < -0.4 is 5.32 Å². The lowest BCUT2D eigenvalue weighted by Crippen LogP contribution is -2.34. The second-order valence-corrected chi connectivity index (χ2v) is 5.55. The average Bonchev–Trinajstić information content (AvgIpc) is 2.89. The largest absolute Gasteiger partial charge is 0.481 e. The molecule has 0 spiro atoms. The van der Waals surface area contributed by atoms with Crippen LogP contribution in [-0.2, 0) is 4.79 Å². The number of likely N-dealkylation sites (tertiary alicyclic amines) is 1. The number of urea groups is 1. The number of carboxylic acid groups (broad SMARTS) is 1. The summed E-state index contributed by atoms with van der Waals surface area (Å²) in [6.07, 6.45) is 0.437. The van der Waals surface area contributed by atoms with Crippen molar-refractivity contribution >= 4 is 33.6 Å². The lowest BCUT2D eigenvalue weighted by Gasteiger charge is -2.18. The Morgan fingerprint density at radius 1 is 1.50 bits per heavy atom. The van der Waals surface area contributed by atoms with Crippen molar-refractivity contribution in [2.24, 2.45) is 5.92 Å². The van der Waals surface area contributed by atoms with E-state index in [4.69, 9.17) is 5.11 Å². The summed E-state index contributed by atoms with van der Waals surface area (Å²) < 4.78 is 13.7. The predicted molar refractivity (Wildman–Crippen MR) is 75.2 cm³/mol. The Morgan fingerprint density at radius 3 is 2.80 bits per heavy atom. The Kier molecular flexibility index (Phi) is 4.27. The highest BCUT2D eigenvalue weighted by Gasteiger charge is 2.31. The third-order valence-electron chi connectivity index (χ3n) is 3.36. The number of nitrogens with one attached hydrogen (secondary N) is 1. The molecule has 2 rings (SSSR count). The Labute approximate surface area is 123 Å². The van der Waals surface area contributed by atoms with Gasteiger partial charge in [0.2, 0.25) is 0 Å². The minimum absolute atomic E-state index is 0.174. The van der Waals surface area contributed by atoms with Crippen molar-refractivity contribution in [2.45, 2.75) is 13.3 Å². The molecule has 0 aliphatic carbocycles. The van der Waals surface area contributed by atoms with Gasteiger partial charge in [0.15, 0.2) is 0 Å². The van der Waals surface area contributed by atoms with Gasteiger partial charge < -0.3 is 15.3 Å². The molecule has 0 aromatic heterocycles. The first kappa shape index (κ1) is 14.8. The fourth-order valence-corrected chi connectivity index (χ4v) is 2.68. The maximum atomic E-state index is 13.5.